The number of ether oxygens (including phenoxy) is 1. The molecule has 0 aromatic heterocycles. The number of alkyl carbamates (subject to hydrolysis) is 1. The molecule has 1 aliphatic rings. The van der Waals surface area contributed by atoms with Gasteiger partial charge >= 0.3 is 6.09 Å². The minimum atomic E-state index is -0.869. The Bertz CT molecular complexity index is 1140. The summed E-state index contributed by atoms with van der Waals surface area (Å²) in [6, 6.07) is 11.7. The molecule has 2 aromatic rings. The third kappa shape index (κ3) is 6.65. The highest BCUT2D eigenvalue weighted by atomic mass is 16.6. The van der Waals surface area contributed by atoms with Crippen LogP contribution in [0.15, 0.2) is 42.5 Å². The van der Waals surface area contributed by atoms with Crippen molar-refractivity contribution in [3.8, 4) is 0 Å². The van der Waals surface area contributed by atoms with Gasteiger partial charge in [-0.3, -0.25) is 9.59 Å². The summed E-state index contributed by atoms with van der Waals surface area (Å²) in [4.78, 5) is 41.9. The third-order valence-electron chi connectivity index (χ3n) is 6.44. The first-order valence-electron chi connectivity index (χ1n) is 12.5. The molecule has 2 aromatic carbocycles. The van der Waals surface area contributed by atoms with Gasteiger partial charge in [-0.25, -0.2) is 4.79 Å². The summed E-state index contributed by atoms with van der Waals surface area (Å²) in [7, 11) is 0. The van der Waals surface area contributed by atoms with Gasteiger partial charge in [0.15, 0.2) is 0 Å². The summed E-state index contributed by atoms with van der Waals surface area (Å²) in [5.41, 5.74) is 3.65. The first-order valence-corrected chi connectivity index (χ1v) is 12.5. The Morgan fingerprint density at radius 2 is 1.67 bits per heavy atom. The number of aryl methyl sites for hydroxylation is 3. The number of nitrogens with one attached hydrogen (secondary N) is 2. The van der Waals surface area contributed by atoms with Crippen molar-refractivity contribution in [2.24, 2.45) is 5.92 Å². The van der Waals surface area contributed by atoms with Crippen LogP contribution in [0, 0.1) is 26.7 Å². The highest BCUT2D eigenvalue weighted by Gasteiger charge is 2.48. The normalized spacial score (nSPS) is 18.6. The van der Waals surface area contributed by atoms with E-state index in [1.807, 2.05) is 63.2 Å². The van der Waals surface area contributed by atoms with Crippen LogP contribution in [0.1, 0.15) is 69.3 Å². The lowest BCUT2D eigenvalue weighted by molar-refractivity contribution is -0.141. The monoisotopic (exact) mass is 493 g/mol. The van der Waals surface area contributed by atoms with Crippen molar-refractivity contribution < 1.29 is 19.1 Å². The Balaban J connectivity index is 2.00. The number of hydrogen-bond acceptors (Lipinski definition) is 4. The lowest BCUT2D eigenvalue weighted by Crippen LogP contribution is -2.52. The molecule has 4 unspecified atom stereocenters. The molecule has 1 saturated carbocycles. The molecule has 7 nitrogen and oxygen atoms in total. The first kappa shape index (κ1) is 27.2. The van der Waals surface area contributed by atoms with E-state index in [9.17, 15) is 14.4 Å². The number of benzene rings is 2. The molecule has 0 saturated heterocycles. The van der Waals surface area contributed by atoms with Crippen molar-refractivity contribution in [1.82, 2.24) is 10.2 Å². The summed E-state index contributed by atoms with van der Waals surface area (Å²) >= 11 is 0. The maximum absolute atomic E-state index is 13.9. The highest BCUT2D eigenvalue weighted by Crippen LogP contribution is 2.41. The third-order valence-corrected chi connectivity index (χ3v) is 6.44. The SMILES string of the molecule is Cc1ccc(C)c(C(C(=O)Nc2ccccc2C)N(C(=O)C(C)NC(=O)OC(C)(C)C)C2CC2C)c1. The number of hydrogen-bond donors (Lipinski definition) is 2. The van der Waals surface area contributed by atoms with Crippen LogP contribution in [0.2, 0.25) is 0 Å². The molecule has 36 heavy (non-hydrogen) atoms. The fraction of sp³-hybridized carbons (Fsp3) is 0.483. The molecule has 0 spiro atoms. The standard InChI is InChI=1S/C29H39N3O4/c1-17-13-14-18(2)22(15-17)25(26(33)31-23-12-10-9-11-19(23)3)32(24-16-20(24)4)27(34)21(5)30-28(35)36-29(6,7)8/h9-15,20-21,24-25H,16H2,1-8H3,(H,30,35)(H,31,33). The minimum absolute atomic E-state index is 0.104. The minimum Gasteiger partial charge on any atom is -0.444 e. The van der Waals surface area contributed by atoms with Gasteiger partial charge in [0.05, 0.1) is 0 Å². The maximum Gasteiger partial charge on any atom is 0.408 e. The van der Waals surface area contributed by atoms with Crippen LogP contribution in [0.3, 0.4) is 0 Å². The van der Waals surface area contributed by atoms with Crippen LogP contribution in [0.25, 0.3) is 0 Å². The van der Waals surface area contributed by atoms with Crippen molar-refractivity contribution in [3.63, 3.8) is 0 Å². The second kappa shape index (κ2) is 10.7. The van der Waals surface area contributed by atoms with E-state index in [0.717, 1.165) is 28.7 Å². The van der Waals surface area contributed by atoms with Crippen LogP contribution in [0.5, 0.6) is 0 Å². The van der Waals surface area contributed by atoms with Crippen molar-refractivity contribution >= 4 is 23.6 Å². The molecular formula is C29H39N3O4. The average Bonchev–Trinajstić information content (AvgIpc) is 3.49. The molecule has 0 heterocycles. The van der Waals surface area contributed by atoms with Crippen molar-refractivity contribution in [3.05, 3.63) is 64.7 Å². The van der Waals surface area contributed by atoms with Crippen molar-refractivity contribution in [2.45, 2.75) is 85.5 Å². The van der Waals surface area contributed by atoms with Crippen LogP contribution in [-0.2, 0) is 14.3 Å². The Hall–Kier alpha value is -3.35. The van der Waals surface area contributed by atoms with Gasteiger partial charge < -0.3 is 20.3 Å². The summed E-state index contributed by atoms with van der Waals surface area (Å²) in [6.45, 7) is 14.8. The van der Waals surface area contributed by atoms with E-state index < -0.39 is 23.8 Å². The molecule has 4 atom stereocenters. The lowest BCUT2D eigenvalue weighted by atomic mass is 9.95. The van der Waals surface area contributed by atoms with E-state index in [0.29, 0.717) is 5.69 Å². The molecule has 194 valence electrons. The summed E-state index contributed by atoms with van der Waals surface area (Å²) in [5, 5.41) is 5.71. The van der Waals surface area contributed by atoms with Gasteiger partial charge in [0, 0.05) is 11.7 Å². The van der Waals surface area contributed by atoms with E-state index in [1.54, 1.807) is 32.6 Å². The zero-order valence-corrected chi connectivity index (χ0v) is 22.6. The fourth-order valence-electron chi connectivity index (χ4n) is 4.33. The van der Waals surface area contributed by atoms with Crippen LogP contribution in [0.4, 0.5) is 10.5 Å². The lowest BCUT2D eigenvalue weighted by Gasteiger charge is -2.35. The molecule has 1 fully saturated rings. The number of para-hydroxylation sites is 1. The predicted molar refractivity (Wildman–Crippen MR) is 142 cm³/mol. The molecule has 2 N–H and O–H groups in total. The summed E-state index contributed by atoms with van der Waals surface area (Å²) < 4.78 is 5.36. The molecular weight excluding hydrogens is 454 g/mol. The number of carbonyl (C=O) groups is 3. The molecule has 3 rings (SSSR count). The largest absolute Gasteiger partial charge is 0.444 e. The number of anilines is 1. The highest BCUT2D eigenvalue weighted by molar-refractivity contribution is 5.99. The van der Waals surface area contributed by atoms with E-state index in [1.165, 1.54) is 0 Å². The molecule has 1 aliphatic carbocycles. The summed E-state index contributed by atoms with van der Waals surface area (Å²) in [6.07, 6.45) is 0.129. The molecule has 7 heteroatoms. The van der Waals surface area contributed by atoms with Gasteiger partial charge in [0.1, 0.15) is 17.7 Å². The zero-order chi connectivity index (χ0) is 26.8. The predicted octanol–water partition coefficient (Wildman–Crippen LogP) is 5.44. The van der Waals surface area contributed by atoms with E-state index in [4.69, 9.17) is 4.74 Å². The zero-order valence-electron chi connectivity index (χ0n) is 22.6. The van der Waals surface area contributed by atoms with Gasteiger partial charge in [0.2, 0.25) is 5.91 Å². The van der Waals surface area contributed by atoms with Gasteiger partial charge in [-0.05, 0) is 83.6 Å². The smallest absolute Gasteiger partial charge is 0.408 e. The number of rotatable bonds is 7. The van der Waals surface area contributed by atoms with Gasteiger partial charge in [0.25, 0.3) is 5.91 Å². The molecule has 3 amide bonds. The Morgan fingerprint density at radius 3 is 2.25 bits per heavy atom. The van der Waals surface area contributed by atoms with E-state index in [2.05, 4.69) is 17.6 Å². The first-order chi connectivity index (χ1) is 16.8. The molecule has 0 radical (unpaired) electrons. The van der Waals surface area contributed by atoms with Crippen LogP contribution in [-0.4, -0.2) is 40.5 Å². The topological polar surface area (TPSA) is 87.7 Å². The van der Waals surface area contributed by atoms with Crippen LogP contribution >= 0.6 is 0 Å². The Kier molecular flexibility index (Phi) is 8.12. The van der Waals surface area contributed by atoms with Crippen molar-refractivity contribution in [2.75, 3.05) is 5.32 Å². The maximum atomic E-state index is 13.9. The van der Waals surface area contributed by atoms with Crippen LogP contribution < -0.4 is 10.6 Å². The van der Waals surface area contributed by atoms with Gasteiger partial charge in [-0.2, -0.15) is 0 Å². The Morgan fingerprint density at radius 1 is 1.03 bits per heavy atom. The van der Waals surface area contributed by atoms with E-state index >= 15 is 0 Å². The fourth-order valence-corrected chi connectivity index (χ4v) is 4.33. The second-order valence-electron chi connectivity index (χ2n) is 11.0. The number of carbonyl (C=O) groups excluding carboxylic acids is 3. The van der Waals surface area contributed by atoms with Gasteiger partial charge in [-0.15, -0.1) is 0 Å². The number of nitrogens with zero attached hydrogens (tertiary/aromatic N) is 1. The van der Waals surface area contributed by atoms with Crippen molar-refractivity contribution in [1.29, 1.82) is 0 Å². The van der Waals surface area contributed by atoms with Gasteiger partial charge in [-0.1, -0.05) is 48.9 Å². The summed E-state index contributed by atoms with van der Waals surface area (Å²) in [5.74, 6) is -0.350. The average molecular weight is 494 g/mol. The quantitative estimate of drug-likeness (QED) is 0.537. The molecule has 0 bridgehead atoms. The van der Waals surface area contributed by atoms with E-state index in [-0.39, 0.29) is 23.8 Å². The number of amides is 3. The molecule has 0 aliphatic heterocycles. The Labute approximate surface area is 214 Å². The second-order valence-corrected chi connectivity index (χ2v) is 11.0.